The van der Waals surface area contributed by atoms with Gasteiger partial charge in [0.1, 0.15) is 11.6 Å². The summed E-state index contributed by atoms with van der Waals surface area (Å²) in [6.45, 7) is 5.42. The molecular formula is C19H29N3O3. The highest BCUT2D eigenvalue weighted by molar-refractivity contribution is 5.96. The van der Waals surface area contributed by atoms with Crippen molar-refractivity contribution in [2.45, 2.75) is 70.9 Å². The highest BCUT2D eigenvalue weighted by Crippen LogP contribution is 2.27. The minimum atomic E-state index is -0.605. The molecule has 0 aliphatic heterocycles. The molecule has 138 valence electrons. The van der Waals surface area contributed by atoms with Crippen LogP contribution in [0.3, 0.4) is 0 Å². The average molecular weight is 347 g/mol. The van der Waals surface area contributed by atoms with Gasteiger partial charge in [0.25, 0.3) is 0 Å². The SMILES string of the molecule is CC(C)(C)OC(=O)NC(CC1CCCCC1)C(=O)Nc1ccncc1. The zero-order valence-corrected chi connectivity index (χ0v) is 15.4. The lowest BCUT2D eigenvalue weighted by Gasteiger charge is -2.27. The number of carbonyl (C=O) groups excluding carboxylic acids is 2. The van der Waals surface area contributed by atoms with E-state index < -0.39 is 17.7 Å². The normalized spacial score (nSPS) is 16.8. The Balaban J connectivity index is 2.01. The number of nitrogens with one attached hydrogen (secondary N) is 2. The molecule has 1 fully saturated rings. The lowest BCUT2D eigenvalue weighted by molar-refractivity contribution is -0.118. The number of alkyl carbamates (subject to hydrolysis) is 1. The molecule has 1 aliphatic carbocycles. The molecule has 1 heterocycles. The fraction of sp³-hybridized carbons (Fsp3) is 0.632. The van der Waals surface area contributed by atoms with Gasteiger partial charge in [0.05, 0.1) is 0 Å². The Morgan fingerprint density at radius 2 is 1.84 bits per heavy atom. The molecule has 0 aromatic carbocycles. The van der Waals surface area contributed by atoms with Crippen LogP contribution < -0.4 is 10.6 Å². The van der Waals surface area contributed by atoms with Gasteiger partial charge in [-0.3, -0.25) is 9.78 Å². The van der Waals surface area contributed by atoms with Gasteiger partial charge in [0, 0.05) is 18.1 Å². The van der Waals surface area contributed by atoms with Gasteiger partial charge in [-0.05, 0) is 45.2 Å². The van der Waals surface area contributed by atoms with Gasteiger partial charge in [-0.2, -0.15) is 0 Å². The molecule has 0 bridgehead atoms. The Morgan fingerprint density at radius 3 is 2.44 bits per heavy atom. The molecular weight excluding hydrogens is 318 g/mol. The van der Waals surface area contributed by atoms with E-state index in [4.69, 9.17) is 4.74 Å². The summed E-state index contributed by atoms with van der Waals surface area (Å²) in [4.78, 5) is 28.8. The fourth-order valence-electron chi connectivity index (χ4n) is 3.10. The molecule has 2 rings (SSSR count). The van der Waals surface area contributed by atoms with Gasteiger partial charge in [-0.1, -0.05) is 32.1 Å². The van der Waals surface area contributed by atoms with Crippen molar-refractivity contribution in [3.8, 4) is 0 Å². The Morgan fingerprint density at radius 1 is 1.20 bits per heavy atom. The number of anilines is 1. The van der Waals surface area contributed by atoms with Crippen molar-refractivity contribution in [3.63, 3.8) is 0 Å². The number of hydrogen-bond donors (Lipinski definition) is 2. The van der Waals surface area contributed by atoms with Gasteiger partial charge in [0.2, 0.25) is 5.91 Å². The minimum absolute atomic E-state index is 0.220. The second kappa shape index (κ2) is 8.83. The Bertz CT molecular complexity index is 563. The van der Waals surface area contributed by atoms with Crippen LogP contribution in [0.5, 0.6) is 0 Å². The number of ether oxygens (including phenoxy) is 1. The Kier molecular flexibility index (Phi) is 6.79. The number of hydrogen-bond acceptors (Lipinski definition) is 4. The summed E-state index contributed by atoms with van der Waals surface area (Å²) in [6.07, 6.45) is 9.16. The molecule has 1 aromatic heterocycles. The van der Waals surface area contributed by atoms with E-state index >= 15 is 0 Å². The van der Waals surface area contributed by atoms with Crippen molar-refractivity contribution in [1.82, 2.24) is 10.3 Å². The number of aromatic nitrogens is 1. The van der Waals surface area contributed by atoms with Crippen LogP contribution in [-0.4, -0.2) is 28.6 Å². The second-order valence-electron chi connectivity index (χ2n) is 7.66. The summed E-state index contributed by atoms with van der Waals surface area (Å²) in [5, 5.41) is 5.60. The third-order valence-corrected chi connectivity index (χ3v) is 4.25. The zero-order valence-electron chi connectivity index (χ0n) is 15.4. The van der Waals surface area contributed by atoms with Crippen molar-refractivity contribution in [3.05, 3.63) is 24.5 Å². The van der Waals surface area contributed by atoms with Crippen LogP contribution in [-0.2, 0) is 9.53 Å². The number of rotatable bonds is 5. The molecule has 2 amide bonds. The van der Waals surface area contributed by atoms with Gasteiger partial charge in [0.15, 0.2) is 0 Å². The van der Waals surface area contributed by atoms with Crippen LogP contribution in [0.15, 0.2) is 24.5 Å². The summed E-state index contributed by atoms with van der Waals surface area (Å²) < 4.78 is 5.32. The first-order valence-corrected chi connectivity index (χ1v) is 9.04. The van der Waals surface area contributed by atoms with Crippen LogP contribution in [0.25, 0.3) is 0 Å². The first-order valence-electron chi connectivity index (χ1n) is 9.04. The van der Waals surface area contributed by atoms with E-state index in [9.17, 15) is 9.59 Å². The number of carbonyl (C=O) groups is 2. The van der Waals surface area contributed by atoms with E-state index in [-0.39, 0.29) is 5.91 Å². The largest absolute Gasteiger partial charge is 0.444 e. The predicted octanol–water partition coefficient (Wildman–Crippen LogP) is 3.88. The third-order valence-electron chi connectivity index (χ3n) is 4.25. The first kappa shape index (κ1) is 19.2. The van der Waals surface area contributed by atoms with Gasteiger partial charge < -0.3 is 15.4 Å². The molecule has 25 heavy (non-hydrogen) atoms. The van der Waals surface area contributed by atoms with E-state index in [0.29, 0.717) is 18.0 Å². The summed E-state index contributed by atoms with van der Waals surface area (Å²) in [5.74, 6) is 0.236. The minimum Gasteiger partial charge on any atom is -0.444 e. The van der Waals surface area contributed by atoms with E-state index in [1.54, 1.807) is 45.3 Å². The van der Waals surface area contributed by atoms with E-state index in [1.165, 1.54) is 19.3 Å². The number of amides is 2. The summed E-state index contributed by atoms with van der Waals surface area (Å²) in [7, 11) is 0. The highest BCUT2D eigenvalue weighted by atomic mass is 16.6. The molecule has 6 nitrogen and oxygen atoms in total. The van der Waals surface area contributed by atoms with Gasteiger partial charge in [-0.15, -0.1) is 0 Å². The molecule has 1 atom stereocenters. The molecule has 2 N–H and O–H groups in total. The van der Waals surface area contributed by atoms with Crippen LogP contribution in [0.4, 0.5) is 10.5 Å². The quantitative estimate of drug-likeness (QED) is 0.847. The van der Waals surface area contributed by atoms with Gasteiger partial charge >= 0.3 is 6.09 Å². The van der Waals surface area contributed by atoms with Crippen LogP contribution >= 0.6 is 0 Å². The second-order valence-corrected chi connectivity index (χ2v) is 7.66. The van der Waals surface area contributed by atoms with Crippen molar-refractivity contribution in [1.29, 1.82) is 0 Å². The Labute approximate surface area is 149 Å². The molecule has 1 aromatic rings. The molecule has 0 radical (unpaired) electrons. The maximum Gasteiger partial charge on any atom is 0.408 e. The summed E-state index contributed by atoms with van der Waals surface area (Å²) >= 11 is 0. The topological polar surface area (TPSA) is 80.3 Å². The molecule has 1 saturated carbocycles. The fourth-order valence-corrected chi connectivity index (χ4v) is 3.10. The predicted molar refractivity (Wildman–Crippen MR) is 97.2 cm³/mol. The number of pyridine rings is 1. The van der Waals surface area contributed by atoms with Crippen molar-refractivity contribution in [2.24, 2.45) is 5.92 Å². The molecule has 0 saturated heterocycles. The molecule has 1 unspecified atom stereocenters. The monoisotopic (exact) mass is 347 g/mol. The molecule has 0 spiro atoms. The van der Waals surface area contributed by atoms with Crippen LogP contribution in [0.2, 0.25) is 0 Å². The van der Waals surface area contributed by atoms with E-state index in [2.05, 4.69) is 15.6 Å². The summed E-state index contributed by atoms with van der Waals surface area (Å²) in [5.41, 5.74) is 0.0701. The standard InChI is InChI=1S/C19H29N3O3/c1-19(2,3)25-18(24)22-16(13-14-7-5-4-6-8-14)17(23)21-15-9-11-20-12-10-15/h9-12,14,16H,4-8,13H2,1-3H3,(H,22,24)(H,20,21,23). The zero-order chi connectivity index (χ0) is 18.3. The van der Waals surface area contributed by atoms with Crippen LogP contribution in [0.1, 0.15) is 59.3 Å². The van der Waals surface area contributed by atoms with Crippen molar-refractivity contribution < 1.29 is 14.3 Å². The maximum atomic E-state index is 12.7. The smallest absolute Gasteiger partial charge is 0.408 e. The highest BCUT2D eigenvalue weighted by Gasteiger charge is 2.28. The third kappa shape index (κ3) is 7.11. The van der Waals surface area contributed by atoms with Crippen LogP contribution in [0, 0.1) is 5.92 Å². The lowest BCUT2D eigenvalue weighted by Crippen LogP contribution is -2.46. The maximum absolute atomic E-state index is 12.7. The average Bonchev–Trinajstić information content (AvgIpc) is 2.54. The summed E-state index contributed by atoms with van der Waals surface area (Å²) in [6, 6.07) is 2.85. The number of nitrogens with zero attached hydrogens (tertiary/aromatic N) is 1. The van der Waals surface area contributed by atoms with Gasteiger partial charge in [-0.25, -0.2) is 4.79 Å². The van der Waals surface area contributed by atoms with Crippen molar-refractivity contribution >= 4 is 17.7 Å². The Hall–Kier alpha value is -2.11. The van der Waals surface area contributed by atoms with Crippen molar-refractivity contribution in [2.75, 3.05) is 5.32 Å². The van der Waals surface area contributed by atoms with E-state index in [0.717, 1.165) is 12.8 Å². The molecule has 1 aliphatic rings. The molecule has 6 heteroatoms. The van der Waals surface area contributed by atoms with E-state index in [1.807, 2.05) is 0 Å². The lowest BCUT2D eigenvalue weighted by atomic mass is 9.84. The first-order chi connectivity index (χ1) is 11.8.